The molecule has 2 aromatic heterocycles. The molecule has 6 nitrogen and oxygen atoms in total. The van der Waals surface area contributed by atoms with Gasteiger partial charge in [0, 0.05) is 21.5 Å². The third-order valence-electron chi connectivity index (χ3n) is 3.66. The number of rotatable bonds is 4. The summed E-state index contributed by atoms with van der Waals surface area (Å²) in [5, 5.41) is 5.13. The standard InChI is InChI=1S/C16H15ClN4O2S/c1-7(19-16-20-8(2)13(24-16)14(18)22)11-6-9-5-10(17)3-4-12(9)21-15(11)23/h3-7H,1-2H3,(H2,18,22)(H,19,20)(H,21,23)/t7-/m1/s1. The second kappa shape index (κ2) is 6.26. The van der Waals surface area contributed by atoms with Crippen molar-refractivity contribution in [3.05, 3.63) is 55.8 Å². The average Bonchev–Trinajstić information content (AvgIpc) is 2.87. The maximum Gasteiger partial charge on any atom is 0.260 e. The monoisotopic (exact) mass is 362 g/mol. The van der Waals surface area contributed by atoms with Crippen LogP contribution in [0.3, 0.4) is 0 Å². The number of carbonyl (C=O) groups is 1. The van der Waals surface area contributed by atoms with E-state index in [4.69, 9.17) is 17.3 Å². The van der Waals surface area contributed by atoms with Crippen LogP contribution in [0.5, 0.6) is 0 Å². The Hall–Kier alpha value is -2.38. The quantitative estimate of drug-likeness (QED) is 0.663. The molecular weight excluding hydrogens is 348 g/mol. The first-order valence-electron chi connectivity index (χ1n) is 7.21. The highest BCUT2D eigenvalue weighted by Crippen LogP contribution is 2.26. The number of pyridine rings is 1. The molecule has 0 radical (unpaired) electrons. The van der Waals surface area contributed by atoms with E-state index in [2.05, 4.69) is 15.3 Å². The van der Waals surface area contributed by atoms with Crippen molar-refractivity contribution in [2.24, 2.45) is 5.73 Å². The van der Waals surface area contributed by atoms with Gasteiger partial charge < -0.3 is 16.0 Å². The highest BCUT2D eigenvalue weighted by molar-refractivity contribution is 7.17. The summed E-state index contributed by atoms with van der Waals surface area (Å²) in [6.07, 6.45) is 0. The van der Waals surface area contributed by atoms with Gasteiger partial charge in [0.1, 0.15) is 4.88 Å². The molecular formula is C16H15ClN4O2S. The molecule has 124 valence electrons. The van der Waals surface area contributed by atoms with Gasteiger partial charge in [0.25, 0.3) is 11.5 Å². The van der Waals surface area contributed by atoms with Crippen LogP contribution >= 0.6 is 22.9 Å². The van der Waals surface area contributed by atoms with Crippen molar-refractivity contribution in [1.29, 1.82) is 0 Å². The Kier molecular flexibility index (Phi) is 4.29. The number of hydrogen-bond acceptors (Lipinski definition) is 5. The Morgan fingerprint density at radius 2 is 2.17 bits per heavy atom. The van der Waals surface area contributed by atoms with Crippen LogP contribution in [0.1, 0.15) is 33.9 Å². The van der Waals surface area contributed by atoms with Crippen molar-refractivity contribution in [1.82, 2.24) is 9.97 Å². The second-order valence-electron chi connectivity index (χ2n) is 5.45. The van der Waals surface area contributed by atoms with Crippen LogP contribution in [-0.2, 0) is 0 Å². The summed E-state index contributed by atoms with van der Waals surface area (Å²) in [6.45, 7) is 3.57. The molecule has 8 heteroatoms. The van der Waals surface area contributed by atoms with Gasteiger partial charge in [-0.05, 0) is 38.1 Å². The molecule has 0 aliphatic rings. The van der Waals surface area contributed by atoms with Gasteiger partial charge in [-0.15, -0.1) is 0 Å². The molecule has 0 saturated heterocycles. The van der Waals surface area contributed by atoms with E-state index in [9.17, 15) is 9.59 Å². The van der Waals surface area contributed by atoms with Crippen molar-refractivity contribution >= 4 is 44.9 Å². The predicted molar refractivity (Wildman–Crippen MR) is 97.0 cm³/mol. The molecule has 0 aliphatic heterocycles. The molecule has 3 rings (SSSR count). The maximum absolute atomic E-state index is 12.3. The number of amides is 1. The average molecular weight is 363 g/mol. The zero-order valence-corrected chi connectivity index (χ0v) is 14.6. The molecule has 0 saturated carbocycles. The molecule has 1 amide bonds. The SMILES string of the molecule is Cc1nc(N[C@H](C)c2cc3cc(Cl)ccc3[nH]c2=O)sc1C(N)=O. The van der Waals surface area contributed by atoms with E-state index in [1.54, 1.807) is 31.2 Å². The predicted octanol–water partition coefficient (Wildman–Crippen LogP) is 3.22. The smallest absolute Gasteiger partial charge is 0.260 e. The van der Waals surface area contributed by atoms with Crippen molar-refractivity contribution in [2.75, 3.05) is 5.32 Å². The third kappa shape index (κ3) is 3.13. The molecule has 1 aromatic carbocycles. The summed E-state index contributed by atoms with van der Waals surface area (Å²) < 4.78 is 0. The summed E-state index contributed by atoms with van der Waals surface area (Å²) >= 11 is 7.18. The number of aromatic amines is 1. The number of aromatic nitrogens is 2. The maximum atomic E-state index is 12.3. The number of hydrogen-bond donors (Lipinski definition) is 3. The Balaban J connectivity index is 1.95. The van der Waals surface area contributed by atoms with E-state index in [1.165, 1.54) is 11.3 Å². The first kappa shape index (κ1) is 16.5. The minimum atomic E-state index is -0.510. The number of benzene rings is 1. The highest BCUT2D eigenvalue weighted by atomic mass is 35.5. The molecule has 24 heavy (non-hydrogen) atoms. The highest BCUT2D eigenvalue weighted by Gasteiger charge is 2.16. The number of anilines is 1. The van der Waals surface area contributed by atoms with Gasteiger partial charge in [-0.2, -0.15) is 0 Å². The summed E-state index contributed by atoms with van der Waals surface area (Å²) in [4.78, 5) is 31.2. The van der Waals surface area contributed by atoms with Crippen LogP contribution < -0.4 is 16.6 Å². The van der Waals surface area contributed by atoms with Crippen molar-refractivity contribution < 1.29 is 4.79 Å². The zero-order chi connectivity index (χ0) is 17.4. The first-order valence-corrected chi connectivity index (χ1v) is 8.41. The van der Waals surface area contributed by atoms with E-state index in [0.717, 1.165) is 10.9 Å². The van der Waals surface area contributed by atoms with Crippen molar-refractivity contribution in [3.63, 3.8) is 0 Å². The lowest BCUT2D eigenvalue weighted by Crippen LogP contribution is -2.19. The number of primary amides is 1. The van der Waals surface area contributed by atoms with Gasteiger partial charge in [0.05, 0.1) is 11.7 Å². The van der Waals surface area contributed by atoms with Crippen LogP contribution in [0.4, 0.5) is 5.13 Å². The summed E-state index contributed by atoms with van der Waals surface area (Å²) in [7, 11) is 0. The van der Waals surface area contributed by atoms with Crippen LogP contribution in [0.15, 0.2) is 29.1 Å². The number of nitrogens with one attached hydrogen (secondary N) is 2. The van der Waals surface area contributed by atoms with Gasteiger partial charge in [-0.3, -0.25) is 9.59 Å². The normalized spacial score (nSPS) is 12.3. The van der Waals surface area contributed by atoms with Crippen LogP contribution in [0.25, 0.3) is 10.9 Å². The third-order valence-corrected chi connectivity index (χ3v) is 5.00. The summed E-state index contributed by atoms with van der Waals surface area (Å²) in [6, 6.07) is 6.79. The van der Waals surface area contributed by atoms with E-state index in [-0.39, 0.29) is 11.6 Å². The van der Waals surface area contributed by atoms with Crippen molar-refractivity contribution in [3.8, 4) is 0 Å². The number of fused-ring (bicyclic) bond motifs is 1. The number of carbonyl (C=O) groups excluding carboxylic acids is 1. The van der Waals surface area contributed by atoms with Crippen LogP contribution in [-0.4, -0.2) is 15.9 Å². The molecule has 2 heterocycles. The number of halogens is 1. The van der Waals surface area contributed by atoms with Crippen molar-refractivity contribution in [2.45, 2.75) is 19.9 Å². The van der Waals surface area contributed by atoms with Crippen LogP contribution in [0, 0.1) is 6.92 Å². The van der Waals surface area contributed by atoms with Gasteiger partial charge in [0.2, 0.25) is 0 Å². The van der Waals surface area contributed by atoms with Gasteiger partial charge >= 0.3 is 0 Å². The largest absolute Gasteiger partial charge is 0.365 e. The van der Waals surface area contributed by atoms with E-state index in [1.807, 2.05) is 6.92 Å². The lowest BCUT2D eigenvalue weighted by molar-refractivity contribution is 0.100. The Morgan fingerprint density at radius 1 is 1.42 bits per heavy atom. The van der Waals surface area contributed by atoms with Gasteiger partial charge in [0.15, 0.2) is 5.13 Å². The molecule has 0 unspecified atom stereocenters. The minimum Gasteiger partial charge on any atom is -0.365 e. The Labute approximate surface area is 146 Å². The molecule has 0 bridgehead atoms. The molecule has 0 spiro atoms. The lowest BCUT2D eigenvalue weighted by atomic mass is 10.1. The Bertz CT molecular complexity index is 995. The van der Waals surface area contributed by atoms with Crippen LogP contribution in [0.2, 0.25) is 5.02 Å². The summed E-state index contributed by atoms with van der Waals surface area (Å²) in [5.74, 6) is -0.510. The molecule has 1 atom stereocenters. The number of thiazole rings is 1. The number of nitrogens with two attached hydrogens (primary N) is 1. The first-order chi connectivity index (χ1) is 11.3. The topological polar surface area (TPSA) is 101 Å². The molecule has 4 N–H and O–H groups in total. The fourth-order valence-electron chi connectivity index (χ4n) is 2.47. The van der Waals surface area contributed by atoms with Gasteiger partial charge in [-0.25, -0.2) is 4.98 Å². The second-order valence-corrected chi connectivity index (χ2v) is 6.88. The fourth-order valence-corrected chi connectivity index (χ4v) is 3.55. The van der Waals surface area contributed by atoms with E-state index >= 15 is 0 Å². The zero-order valence-electron chi connectivity index (χ0n) is 13.0. The molecule has 3 aromatic rings. The van der Waals surface area contributed by atoms with E-state index in [0.29, 0.717) is 26.3 Å². The van der Waals surface area contributed by atoms with Gasteiger partial charge in [-0.1, -0.05) is 22.9 Å². The summed E-state index contributed by atoms with van der Waals surface area (Å²) in [5.41, 5.74) is 6.97. The molecule has 0 fully saturated rings. The van der Waals surface area contributed by atoms with E-state index < -0.39 is 5.91 Å². The fraction of sp³-hybridized carbons (Fsp3) is 0.188. The minimum absolute atomic E-state index is 0.187. The Morgan fingerprint density at radius 3 is 2.83 bits per heavy atom. The number of H-pyrrole nitrogens is 1. The lowest BCUT2D eigenvalue weighted by Gasteiger charge is -2.13. The molecule has 0 aliphatic carbocycles. The number of aryl methyl sites for hydroxylation is 1. The number of nitrogens with zero attached hydrogens (tertiary/aromatic N) is 1.